The van der Waals surface area contributed by atoms with Gasteiger partial charge in [-0.15, -0.1) is 0 Å². The molecule has 0 spiro atoms. The normalized spacial score (nSPS) is 19.5. The number of amides is 1. The SMILES string of the molecule is CCCCNCC1(O)CCN(C(=O)C(C)(C)C)CC1. The first-order valence-corrected chi connectivity index (χ1v) is 7.51. The van der Waals surface area contributed by atoms with Gasteiger partial charge >= 0.3 is 0 Å². The molecule has 1 aliphatic rings. The van der Waals surface area contributed by atoms with Gasteiger partial charge in [-0.25, -0.2) is 0 Å². The van der Waals surface area contributed by atoms with Crippen LogP contribution in [0.2, 0.25) is 0 Å². The van der Waals surface area contributed by atoms with Gasteiger partial charge < -0.3 is 15.3 Å². The van der Waals surface area contributed by atoms with Gasteiger partial charge in [0.25, 0.3) is 0 Å². The summed E-state index contributed by atoms with van der Waals surface area (Å²) in [5.41, 5.74) is -0.961. The van der Waals surface area contributed by atoms with E-state index >= 15 is 0 Å². The summed E-state index contributed by atoms with van der Waals surface area (Å²) in [6.07, 6.45) is 3.66. The molecule has 0 aromatic heterocycles. The first kappa shape index (κ1) is 16.4. The first-order valence-electron chi connectivity index (χ1n) is 7.51. The Bertz CT molecular complexity index is 289. The number of hydrogen-bond donors (Lipinski definition) is 2. The molecule has 19 heavy (non-hydrogen) atoms. The van der Waals surface area contributed by atoms with Crippen molar-refractivity contribution in [3.8, 4) is 0 Å². The highest BCUT2D eigenvalue weighted by molar-refractivity contribution is 5.81. The lowest BCUT2D eigenvalue weighted by atomic mass is 9.88. The Morgan fingerprint density at radius 1 is 1.32 bits per heavy atom. The summed E-state index contributed by atoms with van der Waals surface area (Å²) < 4.78 is 0. The minimum atomic E-state index is -0.637. The number of unbranched alkanes of at least 4 members (excludes halogenated alkanes) is 1. The van der Waals surface area contributed by atoms with Crippen molar-refractivity contribution in [2.45, 2.75) is 59.0 Å². The molecule has 1 aliphatic heterocycles. The average Bonchev–Trinajstić information content (AvgIpc) is 2.34. The number of nitrogens with zero attached hydrogens (tertiary/aromatic N) is 1. The molecule has 1 fully saturated rings. The lowest BCUT2D eigenvalue weighted by molar-refractivity contribution is -0.143. The zero-order valence-electron chi connectivity index (χ0n) is 13.0. The highest BCUT2D eigenvalue weighted by Crippen LogP contribution is 2.25. The quantitative estimate of drug-likeness (QED) is 0.749. The van der Waals surface area contributed by atoms with Gasteiger partial charge in [0.05, 0.1) is 5.60 Å². The molecule has 0 aromatic rings. The van der Waals surface area contributed by atoms with Crippen molar-refractivity contribution in [3.63, 3.8) is 0 Å². The Hall–Kier alpha value is -0.610. The van der Waals surface area contributed by atoms with Gasteiger partial charge in [0.2, 0.25) is 5.91 Å². The van der Waals surface area contributed by atoms with E-state index in [-0.39, 0.29) is 11.3 Å². The molecule has 0 unspecified atom stereocenters. The number of hydrogen-bond acceptors (Lipinski definition) is 3. The van der Waals surface area contributed by atoms with E-state index in [1.807, 2.05) is 25.7 Å². The minimum absolute atomic E-state index is 0.188. The molecule has 4 nitrogen and oxygen atoms in total. The molecule has 0 saturated carbocycles. The molecule has 0 aliphatic carbocycles. The largest absolute Gasteiger partial charge is 0.388 e. The van der Waals surface area contributed by atoms with E-state index in [1.165, 1.54) is 6.42 Å². The summed E-state index contributed by atoms with van der Waals surface area (Å²) in [5, 5.41) is 13.8. The Kier molecular flexibility index (Phi) is 5.81. The van der Waals surface area contributed by atoms with Crippen LogP contribution in [0, 0.1) is 5.41 Å². The second kappa shape index (κ2) is 6.71. The van der Waals surface area contributed by atoms with Crippen molar-refractivity contribution in [2.24, 2.45) is 5.41 Å². The monoisotopic (exact) mass is 270 g/mol. The van der Waals surface area contributed by atoms with Crippen LogP contribution in [0.3, 0.4) is 0 Å². The van der Waals surface area contributed by atoms with Crippen LogP contribution in [0.5, 0.6) is 0 Å². The maximum atomic E-state index is 12.2. The van der Waals surface area contributed by atoms with Crippen LogP contribution < -0.4 is 5.32 Å². The average molecular weight is 270 g/mol. The maximum Gasteiger partial charge on any atom is 0.227 e. The van der Waals surface area contributed by atoms with Crippen molar-refractivity contribution >= 4 is 5.91 Å². The molecule has 1 heterocycles. The van der Waals surface area contributed by atoms with E-state index in [0.29, 0.717) is 32.5 Å². The van der Waals surface area contributed by atoms with Gasteiger partial charge in [0.1, 0.15) is 0 Å². The minimum Gasteiger partial charge on any atom is -0.388 e. The van der Waals surface area contributed by atoms with Crippen LogP contribution in [-0.2, 0) is 4.79 Å². The van der Waals surface area contributed by atoms with Crippen molar-refractivity contribution in [2.75, 3.05) is 26.2 Å². The standard InChI is InChI=1S/C15H30N2O2/c1-5-6-9-16-12-15(19)7-10-17(11-8-15)13(18)14(2,3)4/h16,19H,5-12H2,1-4H3. The lowest BCUT2D eigenvalue weighted by Crippen LogP contribution is -2.53. The van der Waals surface area contributed by atoms with Gasteiger partial charge in [-0.05, 0) is 25.8 Å². The fourth-order valence-corrected chi connectivity index (χ4v) is 2.40. The zero-order valence-corrected chi connectivity index (χ0v) is 13.0. The molecular formula is C15H30N2O2. The van der Waals surface area contributed by atoms with Crippen molar-refractivity contribution in [1.29, 1.82) is 0 Å². The van der Waals surface area contributed by atoms with Crippen LogP contribution in [0.15, 0.2) is 0 Å². The Labute approximate surface area is 117 Å². The van der Waals surface area contributed by atoms with Crippen molar-refractivity contribution in [3.05, 3.63) is 0 Å². The van der Waals surface area contributed by atoms with Gasteiger partial charge in [0, 0.05) is 25.0 Å². The van der Waals surface area contributed by atoms with E-state index in [0.717, 1.165) is 13.0 Å². The zero-order chi connectivity index (χ0) is 14.5. The van der Waals surface area contributed by atoms with Gasteiger partial charge in [-0.1, -0.05) is 34.1 Å². The molecule has 0 radical (unpaired) electrons. The molecule has 2 N–H and O–H groups in total. The first-order chi connectivity index (χ1) is 8.78. The fraction of sp³-hybridized carbons (Fsp3) is 0.933. The van der Waals surface area contributed by atoms with Crippen LogP contribution in [0.4, 0.5) is 0 Å². The van der Waals surface area contributed by atoms with Crippen LogP contribution in [0.25, 0.3) is 0 Å². The van der Waals surface area contributed by atoms with Crippen LogP contribution in [-0.4, -0.2) is 47.7 Å². The van der Waals surface area contributed by atoms with E-state index < -0.39 is 5.60 Å². The number of likely N-dealkylation sites (tertiary alicyclic amines) is 1. The molecule has 1 rings (SSSR count). The predicted octanol–water partition coefficient (Wildman–Crippen LogP) is 1.78. The van der Waals surface area contributed by atoms with E-state index in [2.05, 4.69) is 12.2 Å². The summed E-state index contributed by atoms with van der Waals surface area (Å²) in [6, 6.07) is 0. The lowest BCUT2D eigenvalue weighted by Gasteiger charge is -2.40. The molecule has 112 valence electrons. The summed E-state index contributed by atoms with van der Waals surface area (Å²) in [7, 11) is 0. The third-order valence-corrected chi connectivity index (χ3v) is 3.78. The van der Waals surface area contributed by atoms with E-state index in [4.69, 9.17) is 0 Å². The summed E-state index contributed by atoms with van der Waals surface area (Å²) in [5.74, 6) is 0.188. The molecule has 1 saturated heterocycles. The van der Waals surface area contributed by atoms with E-state index in [9.17, 15) is 9.90 Å². The number of carbonyl (C=O) groups is 1. The smallest absolute Gasteiger partial charge is 0.227 e. The molecule has 0 bridgehead atoms. The fourth-order valence-electron chi connectivity index (χ4n) is 2.40. The van der Waals surface area contributed by atoms with Crippen LogP contribution >= 0.6 is 0 Å². The summed E-state index contributed by atoms with van der Waals surface area (Å²) in [4.78, 5) is 14.0. The van der Waals surface area contributed by atoms with Gasteiger partial charge in [-0.2, -0.15) is 0 Å². The number of piperidine rings is 1. The Morgan fingerprint density at radius 3 is 2.37 bits per heavy atom. The second-order valence-electron chi connectivity index (χ2n) is 6.80. The van der Waals surface area contributed by atoms with Crippen molar-refractivity contribution < 1.29 is 9.90 Å². The van der Waals surface area contributed by atoms with Crippen LogP contribution in [0.1, 0.15) is 53.4 Å². The molecular weight excluding hydrogens is 240 g/mol. The maximum absolute atomic E-state index is 12.2. The molecule has 4 heteroatoms. The number of aliphatic hydroxyl groups is 1. The molecule has 0 aromatic carbocycles. The summed E-state index contributed by atoms with van der Waals surface area (Å²) >= 11 is 0. The van der Waals surface area contributed by atoms with E-state index in [1.54, 1.807) is 0 Å². The topological polar surface area (TPSA) is 52.6 Å². The Balaban J connectivity index is 2.37. The predicted molar refractivity (Wildman–Crippen MR) is 78.0 cm³/mol. The highest BCUT2D eigenvalue weighted by atomic mass is 16.3. The third-order valence-electron chi connectivity index (χ3n) is 3.78. The highest BCUT2D eigenvalue weighted by Gasteiger charge is 2.36. The van der Waals surface area contributed by atoms with Gasteiger partial charge in [-0.3, -0.25) is 4.79 Å². The number of nitrogens with one attached hydrogen (secondary N) is 1. The van der Waals surface area contributed by atoms with Gasteiger partial charge in [0.15, 0.2) is 0 Å². The number of carbonyl (C=O) groups excluding carboxylic acids is 1. The molecule has 1 amide bonds. The molecule has 0 atom stereocenters. The summed E-state index contributed by atoms with van der Waals surface area (Å²) in [6.45, 7) is 10.9. The third kappa shape index (κ3) is 5.11. The van der Waals surface area contributed by atoms with Crippen molar-refractivity contribution in [1.82, 2.24) is 10.2 Å². The number of rotatable bonds is 5. The second-order valence-corrected chi connectivity index (χ2v) is 6.80. The Morgan fingerprint density at radius 2 is 1.89 bits per heavy atom.